The van der Waals surface area contributed by atoms with E-state index < -0.39 is 5.97 Å². The molecule has 2 aliphatic rings. The maximum atomic E-state index is 12.5. The molecular weight excluding hydrogens is 366 g/mol. The number of fused-ring (bicyclic) bond motifs is 1. The maximum absolute atomic E-state index is 12.5. The van der Waals surface area contributed by atoms with Gasteiger partial charge in [-0.05, 0) is 73.7 Å². The van der Waals surface area contributed by atoms with Crippen LogP contribution < -0.4 is 10.2 Å². The molecule has 6 heteroatoms. The van der Waals surface area contributed by atoms with Crippen LogP contribution in [0.15, 0.2) is 42.5 Å². The number of amides is 2. The Bertz CT molecular complexity index is 910. The number of hydrogen-bond donors (Lipinski definition) is 2. The van der Waals surface area contributed by atoms with Crippen molar-refractivity contribution in [3.8, 4) is 0 Å². The van der Waals surface area contributed by atoms with Crippen molar-refractivity contribution in [1.82, 2.24) is 10.2 Å². The minimum Gasteiger partial charge on any atom is -0.478 e. The summed E-state index contributed by atoms with van der Waals surface area (Å²) in [5.74, 6) is -0.914. The molecule has 2 N–H and O–H groups in total. The number of carboxylic acid groups (broad SMARTS) is 1. The van der Waals surface area contributed by atoms with E-state index in [1.165, 1.54) is 11.1 Å². The van der Waals surface area contributed by atoms with Gasteiger partial charge >= 0.3 is 12.0 Å². The molecule has 1 atom stereocenters. The molecule has 1 saturated heterocycles. The Hall–Kier alpha value is -2.86. The molecule has 1 fully saturated rings. The van der Waals surface area contributed by atoms with Gasteiger partial charge in [0.05, 0.1) is 11.6 Å². The lowest BCUT2D eigenvalue weighted by Crippen LogP contribution is -2.34. The van der Waals surface area contributed by atoms with Gasteiger partial charge in [0.2, 0.25) is 0 Å². The van der Waals surface area contributed by atoms with Gasteiger partial charge in [0, 0.05) is 25.3 Å². The highest BCUT2D eigenvalue weighted by atomic mass is 16.4. The zero-order valence-electron chi connectivity index (χ0n) is 16.7. The molecule has 0 radical (unpaired) electrons. The van der Waals surface area contributed by atoms with Gasteiger partial charge in [0.25, 0.3) is 0 Å². The van der Waals surface area contributed by atoms with Crippen LogP contribution in [0.3, 0.4) is 0 Å². The second kappa shape index (κ2) is 8.25. The van der Waals surface area contributed by atoms with E-state index in [1.54, 1.807) is 12.1 Å². The van der Waals surface area contributed by atoms with Crippen molar-refractivity contribution in [2.75, 3.05) is 31.6 Å². The van der Waals surface area contributed by atoms with E-state index in [1.807, 2.05) is 17.0 Å². The second-order valence-corrected chi connectivity index (χ2v) is 8.01. The van der Waals surface area contributed by atoms with E-state index in [0.717, 1.165) is 50.0 Å². The summed E-state index contributed by atoms with van der Waals surface area (Å²) in [6.45, 7) is 2.74. The normalized spacial score (nSPS) is 19.6. The van der Waals surface area contributed by atoms with Gasteiger partial charge in [-0.25, -0.2) is 9.59 Å². The molecule has 2 aliphatic heterocycles. The lowest BCUT2D eigenvalue weighted by molar-refractivity contribution is 0.0697. The van der Waals surface area contributed by atoms with Gasteiger partial charge in [-0.15, -0.1) is 0 Å². The maximum Gasteiger partial charge on any atom is 0.335 e. The van der Waals surface area contributed by atoms with Crippen molar-refractivity contribution in [2.45, 2.75) is 31.7 Å². The molecule has 1 unspecified atom stereocenters. The molecule has 29 heavy (non-hydrogen) atoms. The molecule has 152 valence electrons. The van der Waals surface area contributed by atoms with Crippen LogP contribution in [0, 0.1) is 0 Å². The summed E-state index contributed by atoms with van der Waals surface area (Å²) in [5, 5.41) is 12.0. The molecule has 4 rings (SSSR count). The molecule has 0 aliphatic carbocycles. The first-order chi connectivity index (χ1) is 14.0. The number of rotatable bonds is 5. The van der Waals surface area contributed by atoms with Crippen molar-refractivity contribution in [1.29, 1.82) is 0 Å². The predicted molar refractivity (Wildman–Crippen MR) is 113 cm³/mol. The Labute approximate surface area is 171 Å². The highest BCUT2D eigenvalue weighted by Gasteiger charge is 2.32. The van der Waals surface area contributed by atoms with Crippen LogP contribution in [-0.4, -0.2) is 54.7 Å². The third-order valence-electron chi connectivity index (χ3n) is 6.03. The number of carboxylic acids is 1. The Kier molecular flexibility index (Phi) is 5.53. The van der Waals surface area contributed by atoms with Crippen LogP contribution in [0.1, 0.15) is 33.5 Å². The number of nitrogens with one attached hydrogen (secondary N) is 1. The molecule has 2 aromatic rings. The SMILES string of the molecule is CN1CCc2ccc(N3C(=O)NCC3CCc3ccc(C(=O)O)cc3)cc2CC1. The van der Waals surface area contributed by atoms with Crippen LogP contribution in [0.25, 0.3) is 0 Å². The van der Waals surface area contributed by atoms with Gasteiger partial charge in [0.1, 0.15) is 0 Å². The molecule has 6 nitrogen and oxygen atoms in total. The average molecular weight is 393 g/mol. The van der Waals surface area contributed by atoms with Crippen LogP contribution in [0.4, 0.5) is 10.5 Å². The molecule has 2 aromatic carbocycles. The lowest BCUT2D eigenvalue weighted by Gasteiger charge is -2.24. The minimum absolute atomic E-state index is 0.0399. The minimum atomic E-state index is -0.914. The summed E-state index contributed by atoms with van der Waals surface area (Å²) in [6.07, 6.45) is 3.68. The van der Waals surface area contributed by atoms with Crippen molar-refractivity contribution < 1.29 is 14.7 Å². The van der Waals surface area contributed by atoms with Gasteiger partial charge in [-0.1, -0.05) is 18.2 Å². The Morgan fingerprint density at radius 2 is 1.83 bits per heavy atom. The van der Waals surface area contributed by atoms with E-state index >= 15 is 0 Å². The summed E-state index contributed by atoms with van der Waals surface area (Å²) in [6, 6.07) is 13.5. The smallest absolute Gasteiger partial charge is 0.335 e. The van der Waals surface area contributed by atoms with Crippen LogP contribution in [-0.2, 0) is 19.3 Å². The van der Waals surface area contributed by atoms with Crippen molar-refractivity contribution >= 4 is 17.7 Å². The van der Waals surface area contributed by atoms with E-state index in [2.05, 4.69) is 35.5 Å². The number of benzene rings is 2. The van der Waals surface area contributed by atoms with Crippen molar-refractivity contribution in [2.24, 2.45) is 0 Å². The molecule has 0 spiro atoms. The summed E-state index contributed by atoms with van der Waals surface area (Å²) >= 11 is 0. The van der Waals surface area contributed by atoms with Crippen LogP contribution >= 0.6 is 0 Å². The molecule has 2 heterocycles. The fourth-order valence-electron chi connectivity index (χ4n) is 4.23. The number of hydrogen-bond acceptors (Lipinski definition) is 3. The predicted octanol–water partition coefficient (Wildman–Crippen LogP) is 2.95. The third-order valence-corrected chi connectivity index (χ3v) is 6.03. The van der Waals surface area contributed by atoms with Gasteiger partial charge in [0.15, 0.2) is 0 Å². The summed E-state index contributed by atoms with van der Waals surface area (Å²) in [7, 11) is 2.15. The summed E-state index contributed by atoms with van der Waals surface area (Å²) in [4.78, 5) is 27.8. The number of carbonyl (C=O) groups excluding carboxylic acids is 1. The highest BCUT2D eigenvalue weighted by Crippen LogP contribution is 2.27. The average Bonchev–Trinajstić information content (AvgIpc) is 2.99. The van der Waals surface area contributed by atoms with E-state index in [0.29, 0.717) is 12.1 Å². The largest absolute Gasteiger partial charge is 0.478 e. The monoisotopic (exact) mass is 393 g/mol. The van der Waals surface area contributed by atoms with Gasteiger partial charge in [-0.2, -0.15) is 0 Å². The Morgan fingerprint density at radius 3 is 2.55 bits per heavy atom. The fraction of sp³-hybridized carbons (Fsp3) is 0.391. The number of aryl methyl sites for hydroxylation is 1. The van der Waals surface area contributed by atoms with Crippen LogP contribution in [0.2, 0.25) is 0 Å². The number of anilines is 1. The van der Waals surface area contributed by atoms with E-state index in [9.17, 15) is 9.59 Å². The summed E-state index contributed by atoms with van der Waals surface area (Å²) in [5.41, 5.74) is 5.07. The number of nitrogens with zero attached hydrogens (tertiary/aromatic N) is 2. The van der Waals surface area contributed by atoms with Crippen LogP contribution in [0.5, 0.6) is 0 Å². The van der Waals surface area contributed by atoms with Gasteiger partial charge < -0.3 is 15.3 Å². The standard InChI is InChI=1S/C23H27N3O3/c1-25-12-10-17-7-9-20(14-19(17)11-13-25)26-21(15-24-23(26)29)8-4-16-2-5-18(6-3-16)22(27)28/h2-3,5-7,9,14,21H,4,8,10-13,15H2,1H3,(H,24,29)(H,27,28). The topological polar surface area (TPSA) is 72.9 Å². The molecular formula is C23H27N3O3. The molecule has 2 amide bonds. The second-order valence-electron chi connectivity index (χ2n) is 8.01. The first-order valence-corrected chi connectivity index (χ1v) is 10.2. The molecule has 0 bridgehead atoms. The number of urea groups is 1. The fourth-order valence-corrected chi connectivity index (χ4v) is 4.23. The van der Waals surface area contributed by atoms with Crippen molar-refractivity contribution in [3.63, 3.8) is 0 Å². The number of likely N-dealkylation sites (N-methyl/N-ethyl adjacent to an activating group) is 1. The lowest BCUT2D eigenvalue weighted by atomic mass is 10.0. The number of aromatic carboxylic acids is 1. The highest BCUT2D eigenvalue weighted by molar-refractivity contribution is 5.95. The zero-order chi connectivity index (χ0) is 20.4. The molecule has 0 aromatic heterocycles. The van der Waals surface area contributed by atoms with Crippen molar-refractivity contribution in [3.05, 3.63) is 64.7 Å². The first-order valence-electron chi connectivity index (χ1n) is 10.2. The van der Waals surface area contributed by atoms with E-state index in [4.69, 9.17) is 5.11 Å². The summed E-state index contributed by atoms with van der Waals surface area (Å²) < 4.78 is 0. The van der Waals surface area contributed by atoms with Gasteiger partial charge in [-0.3, -0.25) is 4.90 Å². The zero-order valence-corrected chi connectivity index (χ0v) is 16.7. The first kappa shape index (κ1) is 19.5. The Balaban J connectivity index is 1.48. The third kappa shape index (κ3) is 4.27. The Morgan fingerprint density at radius 1 is 1.10 bits per heavy atom. The quantitative estimate of drug-likeness (QED) is 0.819. The molecule has 0 saturated carbocycles. The number of carbonyl (C=O) groups is 2. The van der Waals surface area contributed by atoms with E-state index in [-0.39, 0.29) is 12.1 Å².